The normalized spacial score (nSPS) is 14.8. The van der Waals surface area contributed by atoms with Crippen LogP contribution in [0.15, 0.2) is 30.5 Å². The number of thiazole rings is 1. The number of fused-ring (bicyclic) bond motifs is 1. The third-order valence-corrected chi connectivity index (χ3v) is 6.48. The van der Waals surface area contributed by atoms with E-state index in [4.69, 9.17) is 18.9 Å². The highest BCUT2D eigenvalue weighted by Crippen LogP contribution is 2.38. The summed E-state index contributed by atoms with van der Waals surface area (Å²) >= 11 is 1.42. The fourth-order valence-corrected chi connectivity index (χ4v) is 4.69. The van der Waals surface area contributed by atoms with E-state index in [1.165, 1.54) is 11.3 Å². The lowest BCUT2D eigenvalue weighted by atomic mass is 10.0. The zero-order valence-electron chi connectivity index (χ0n) is 19.0. The van der Waals surface area contributed by atoms with E-state index in [0.717, 1.165) is 10.3 Å². The highest BCUT2D eigenvalue weighted by Gasteiger charge is 2.22. The maximum absolute atomic E-state index is 13.0. The first-order chi connectivity index (χ1) is 16.1. The van der Waals surface area contributed by atoms with Crippen LogP contribution in [0, 0.1) is 0 Å². The predicted molar refractivity (Wildman–Crippen MR) is 128 cm³/mol. The van der Waals surface area contributed by atoms with Gasteiger partial charge in [-0.25, -0.2) is 9.97 Å². The summed E-state index contributed by atoms with van der Waals surface area (Å²) in [5.41, 5.74) is 2.30. The maximum atomic E-state index is 13.0. The molecule has 33 heavy (non-hydrogen) atoms. The van der Waals surface area contributed by atoms with Crippen molar-refractivity contribution in [2.45, 2.75) is 5.92 Å². The number of nitrogens with one attached hydrogen (secondary N) is 1. The van der Waals surface area contributed by atoms with Gasteiger partial charge in [0, 0.05) is 38.4 Å². The van der Waals surface area contributed by atoms with Gasteiger partial charge >= 0.3 is 0 Å². The summed E-state index contributed by atoms with van der Waals surface area (Å²) in [7, 11) is 5.17. The maximum Gasteiger partial charge on any atom is 0.257 e. The van der Waals surface area contributed by atoms with E-state index in [1.807, 2.05) is 24.1 Å². The number of rotatable bonds is 8. The van der Waals surface area contributed by atoms with E-state index in [2.05, 4.69) is 15.3 Å². The Kier molecular flexibility index (Phi) is 7.71. The van der Waals surface area contributed by atoms with Gasteiger partial charge in [-0.1, -0.05) is 17.4 Å². The first-order valence-electron chi connectivity index (χ1n) is 10.7. The fraction of sp³-hybridized carbons (Fsp3) is 0.435. The molecule has 1 amide bonds. The van der Waals surface area contributed by atoms with Crippen molar-refractivity contribution in [1.82, 2.24) is 9.97 Å². The molecular formula is C23H28N4O5S. The van der Waals surface area contributed by atoms with Gasteiger partial charge in [-0.05, 0) is 23.8 Å². The first-order valence-corrected chi connectivity index (χ1v) is 11.5. The number of methoxy groups -OCH3 is 2. The minimum atomic E-state index is -0.250. The van der Waals surface area contributed by atoms with E-state index in [-0.39, 0.29) is 11.8 Å². The molecular weight excluding hydrogens is 444 g/mol. The zero-order chi connectivity index (χ0) is 23.2. The van der Waals surface area contributed by atoms with Crippen LogP contribution >= 0.6 is 11.3 Å². The number of ether oxygens (including phenoxy) is 4. The molecule has 10 heteroatoms. The van der Waals surface area contributed by atoms with Gasteiger partial charge in [-0.15, -0.1) is 0 Å². The van der Waals surface area contributed by atoms with Crippen molar-refractivity contribution < 1.29 is 23.7 Å². The molecule has 0 unspecified atom stereocenters. The fourth-order valence-electron chi connectivity index (χ4n) is 3.62. The molecule has 0 saturated carbocycles. The van der Waals surface area contributed by atoms with Gasteiger partial charge in [-0.3, -0.25) is 10.1 Å². The highest BCUT2D eigenvalue weighted by atomic mass is 32.1. The summed E-state index contributed by atoms with van der Waals surface area (Å²) in [6, 6.07) is 7.37. The minimum absolute atomic E-state index is 0.0929. The van der Waals surface area contributed by atoms with Gasteiger partial charge in [-0.2, -0.15) is 0 Å². The Balaban J connectivity index is 1.59. The monoisotopic (exact) mass is 472 g/mol. The average molecular weight is 473 g/mol. The van der Waals surface area contributed by atoms with Crippen molar-refractivity contribution in [2.75, 3.05) is 71.1 Å². The van der Waals surface area contributed by atoms with Gasteiger partial charge in [0.25, 0.3) is 5.91 Å². The Morgan fingerprint density at radius 3 is 2.76 bits per heavy atom. The molecule has 2 aromatic heterocycles. The van der Waals surface area contributed by atoms with Crippen molar-refractivity contribution in [3.05, 3.63) is 41.6 Å². The number of anilines is 2. The van der Waals surface area contributed by atoms with Gasteiger partial charge in [0.2, 0.25) is 0 Å². The van der Waals surface area contributed by atoms with E-state index >= 15 is 0 Å². The summed E-state index contributed by atoms with van der Waals surface area (Å²) < 4.78 is 23.0. The quantitative estimate of drug-likeness (QED) is 0.534. The van der Waals surface area contributed by atoms with Crippen molar-refractivity contribution in [1.29, 1.82) is 0 Å². The lowest BCUT2D eigenvalue weighted by Crippen LogP contribution is -2.23. The number of pyridine rings is 1. The lowest BCUT2D eigenvalue weighted by Gasteiger charge is -2.17. The minimum Gasteiger partial charge on any atom is -0.494 e. The molecule has 1 saturated heterocycles. The number of nitrogens with zero attached hydrogens (tertiary/aromatic N) is 3. The molecule has 176 valence electrons. The number of hydrogen-bond donors (Lipinski definition) is 1. The Morgan fingerprint density at radius 2 is 2.03 bits per heavy atom. The SMILES string of the molecule is COCCN(C)c1cc(C(=O)Nc2nc3c(OC)ccc(C4COCCOC4)c3s2)ccn1. The van der Waals surface area contributed by atoms with Gasteiger partial charge in [0.05, 0.1) is 44.8 Å². The molecule has 1 fully saturated rings. The van der Waals surface area contributed by atoms with Crippen LogP contribution < -0.4 is 15.0 Å². The molecule has 1 aromatic carbocycles. The molecule has 1 aliphatic heterocycles. The second-order valence-corrected chi connectivity index (χ2v) is 8.67. The highest BCUT2D eigenvalue weighted by molar-refractivity contribution is 7.22. The second-order valence-electron chi connectivity index (χ2n) is 7.67. The number of aromatic nitrogens is 2. The van der Waals surface area contributed by atoms with Crippen molar-refractivity contribution in [3.63, 3.8) is 0 Å². The third kappa shape index (κ3) is 5.41. The molecule has 3 heterocycles. The van der Waals surface area contributed by atoms with Crippen LogP contribution in [0.25, 0.3) is 10.2 Å². The molecule has 1 N–H and O–H groups in total. The summed E-state index contributed by atoms with van der Waals surface area (Å²) in [4.78, 5) is 23.9. The lowest BCUT2D eigenvalue weighted by molar-refractivity contribution is 0.102. The molecule has 1 aliphatic rings. The summed E-state index contributed by atoms with van der Waals surface area (Å²) in [6.07, 6.45) is 1.62. The van der Waals surface area contributed by atoms with Crippen LogP contribution in [0.5, 0.6) is 5.75 Å². The Bertz CT molecular complexity index is 1100. The van der Waals surface area contributed by atoms with E-state index < -0.39 is 0 Å². The van der Waals surface area contributed by atoms with Crippen LogP contribution in [-0.2, 0) is 14.2 Å². The van der Waals surface area contributed by atoms with Gasteiger partial charge < -0.3 is 23.8 Å². The Labute approximate surface area is 196 Å². The average Bonchev–Trinajstić information content (AvgIpc) is 3.07. The zero-order valence-corrected chi connectivity index (χ0v) is 19.8. The summed E-state index contributed by atoms with van der Waals surface area (Å²) in [5.74, 6) is 1.20. The van der Waals surface area contributed by atoms with Crippen molar-refractivity contribution in [3.8, 4) is 5.75 Å². The molecule has 0 radical (unpaired) electrons. The molecule has 0 atom stereocenters. The molecule has 0 bridgehead atoms. The van der Waals surface area contributed by atoms with Crippen LogP contribution in [0.2, 0.25) is 0 Å². The number of carbonyl (C=O) groups is 1. The molecule has 0 spiro atoms. The van der Waals surface area contributed by atoms with Crippen LogP contribution in [0.1, 0.15) is 21.8 Å². The standard InChI is InChI=1S/C23H28N4O5S/c1-27(8-9-29-2)19-12-15(6-7-24-19)22(28)26-23-25-20-18(30-3)5-4-17(21(20)33-23)16-13-31-10-11-32-14-16/h4-7,12,16H,8-11,13-14H2,1-3H3,(H,25,26,28). The molecule has 0 aliphatic carbocycles. The summed E-state index contributed by atoms with van der Waals surface area (Å²) in [6.45, 7) is 3.59. The van der Waals surface area contributed by atoms with Crippen LogP contribution in [0.4, 0.5) is 10.9 Å². The smallest absolute Gasteiger partial charge is 0.257 e. The Hall–Kier alpha value is -2.79. The third-order valence-electron chi connectivity index (χ3n) is 5.46. The van der Waals surface area contributed by atoms with E-state index in [9.17, 15) is 4.79 Å². The summed E-state index contributed by atoms with van der Waals surface area (Å²) in [5, 5.41) is 3.43. The first kappa shape index (κ1) is 23.4. The number of amides is 1. The number of likely N-dealkylation sites (N-methyl/N-ethyl adjacent to an activating group) is 1. The van der Waals surface area contributed by atoms with Gasteiger partial charge in [0.15, 0.2) is 5.13 Å². The van der Waals surface area contributed by atoms with Crippen molar-refractivity contribution in [2.24, 2.45) is 0 Å². The van der Waals surface area contributed by atoms with E-state index in [1.54, 1.807) is 32.5 Å². The van der Waals surface area contributed by atoms with Crippen LogP contribution in [0.3, 0.4) is 0 Å². The Morgan fingerprint density at radius 1 is 1.24 bits per heavy atom. The molecule has 3 aromatic rings. The second kappa shape index (κ2) is 10.9. The van der Waals surface area contributed by atoms with Crippen molar-refractivity contribution >= 4 is 38.4 Å². The molecule has 9 nitrogen and oxygen atoms in total. The molecule has 4 rings (SSSR count). The van der Waals surface area contributed by atoms with Gasteiger partial charge in [0.1, 0.15) is 17.1 Å². The number of hydrogen-bond acceptors (Lipinski definition) is 9. The van der Waals surface area contributed by atoms with E-state index in [0.29, 0.717) is 67.4 Å². The number of carbonyl (C=O) groups excluding carboxylic acids is 1. The largest absolute Gasteiger partial charge is 0.494 e. The van der Waals surface area contributed by atoms with Crippen LogP contribution in [-0.4, -0.2) is 76.7 Å². The predicted octanol–water partition coefficient (Wildman–Crippen LogP) is 3.17. The number of benzene rings is 1. The topological polar surface area (TPSA) is 95.0 Å².